The first-order chi connectivity index (χ1) is 15.0. The van der Waals surface area contributed by atoms with Crippen LogP contribution < -0.4 is 15.6 Å². The molecule has 156 valence electrons. The van der Waals surface area contributed by atoms with Gasteiger partial charge >= 0.3 is 0 Å². The Morgan fingerprint density at radius 1 is 1.06 bits per heavy atom. The number of nitrogens with zero attached hydrogens (tertiary/aromatic N) is 2. The molecule has 0 radical (unpaired) electrons. The molecule has 31 heavy (non-hydrogen) atoms. The maximum Gasteiger partial charge on any atom is 0.261 e. The lowest BCUT2D eigenvalue weighted by atomic mass is 10.2. The second kappa shape index (κ2) is 9.01. The Balaban J connectivity index is 1.46. The summed E-state index contributed by atoms with van der Waals surface area (Å²) in [6.45, 7) is 3.70. The zero-order chi connectivity index (χ0) is 21.8. The van der Waals surface area contributed by atoms with Gasteiger partial charge in [-0.25, -0.2) is 9.97 Å². The molecule has 0 unspecified atom stereocenters. The molecule has 0 saturated heterocycles. The number of aromatic nitrogens is 3. The maximum atomic E-state index is 12.5. The largest absolute Gasteiger partial charge is 0.455 e. The quantitative estimate of drug-likeness (QED) is 0.345. The number of hydrogen-bond donors (Lipinski definition) is 2. The van der Waals surface area contributed by atoms with Gasteiger partial charge in [-0.1, -0.05) is 42.1 Å². The Morgan fingerprint density at radius 3 is 2.61 bits per heavy atom. The molecule has 0 saturated carbocycles. The summed E-state index contributed by atoms with van der Waals surface area (Å²) in [7, 11) is 0. The molecule has 8 heteroatoms. The monoisotopic (exact) mass is 432 g/mol. The van der Waals surface area contributed by atoms with Crippen molar-refractivity contribution < 1.29 is 9.53 Å². The third-order valence-electron chi connectivity index (χ3n) is 4.45. The number of nitrogens with one attached hydrogen (secondary N) is 2. The van der Waals surface area contributed by atoms with Crippen LogP contribution in [0.25, 0.3) is 11.0 Å². The number of H-pyrrole nitrogens is 1. The molecule has 2 N–H and O–H groups in total. The number of ether oxygens (including phenoxy) is 1. The molecule has 0 atom stereocenters. The highest BCUT2D eigenvalue weighted by Gasteiger charge is 2.12. The highest BCUT2D eigenvalue weighted by Crippen LogP contribution is 2.29. The van der Waals surface area contributed by atoms with Gasteiger partial charge < -0.3 is 15.0 Å². The second-order valence-electron chi connectivity index (χ2n) is 6.90. The van der Waals surface area contributed by atoms with Gasteiger partial charge in [-0.05, 0) is 49.7 Å². The summed E-state index contributed by atoms with van der Waals surface area (Å²) >= 11 is 1.14. The van der Waals surface area contributed by atoms with E-state index in [4.69, 9.17) is 4.74 Å². The number of anilines is 1. The third kappa shape index (κ3) is 4.92. The van der Waals surface area contributed by atoms with E-state index < -0.39 is 0 Å². The van der Waals surface area contributed by atoms with Gasteiger partial charge in [-0.3, -0.25) is 9.59 Å². The summed E-state index contributed by atoms with van der Waals surface area (Å²) in [5.74, 6) is 1.04. The maximum absolute atomic E-state index is 12.5. The SMILES string of the molecule is Cc1cc(C)c2c(=O)[nH]c(SCC(=O)Nc3ccccc3Oc3ccccc3)nc2n1. The van der Waals surface area contributed by atoms with Gasteiger partial charge in [0, 0.05) is 5.69 Å². The van der Waals surface area contributed by atoms with Crippen LogP contribution in [0.3, 0.4) is 0 Å². The molecule has 0 aliphatic carbocycles. The zero-order valence-corrected chi connectivity index (χ0v) is 17.8. The lowest BCUT2D eigenvalue weighted by Crippen LogP contribution is -2.16. The van der Waals surface area contributed by atoms with Crippen LogP contribution >= 0.6 is 11.8 Å². The minimum atomic E-state index is -0.264. The van der Waals surface area contributed by atoms with Crippen LogP contribution in [0, 0.1) is 13.8 Å². The predicted octanol–water partition coefficient (Wildman–Crippen LogP) is 4.46. The fourth-order valence-corrected chi connectivity index (χ4v) is 3.78. The predicted molar refractivity (Wildman–Crippen MR) is 122 cm³/mol. The average Bonchev–Trinajstić information content (AvgIpc) is 2.73. The lowest BCUT2D eigenvalue weighted by Gasteiger charge is -2.12. The third-order valence-corrected chi connectivity index (χ3v) is 5.33. The van der Waals surface area contributed by atoms with Crippen LogP contribution in [-0.2, 0) is 4.79 Å². The van der Waals surface area contributed by atoms with E-state index in [1.165, 1.54) is 0 Å². The number of pyridine rings is 1. The number of para-hydroxylation sites is 3. The van der Waals surface area contributed by atoms with Crippen molar-refractivity contribution in [1.82, 2.24) is 15.0 Å². The first-order valence-corrected chi connectivity index (χ1v) is 10.6. The van der Waals surface area contributed by atoms with Gasteiger partial charge in [0.25, 0.3) is 5.56 Å². The van der Waals surface area contributed by atoms with E-state index in [-0.39, 0.29) is 17.2 Å². The van der Waals surface area contributed by atoms with Crippen molar-refractivity contribution in [3.8, 4) is 11.5 Å². The molecule has 2 aromatic carbocycles. The van der Waals surface area contributed by atoms with Crippen LogP contribution in [0.1, 0.15) is 11.3 Å². The Labute approximate surface area is 182 Å². The normalized spacial score (nSPS) is 10.8. The van der Waals surface area contributed by atoms with Crippen molar-refractivity contribution in [2.24, 2.45) is 0 Å². The van der Waals surface area contributed by atoms with Crippen LogP contribution in [0.2, 0.25) is 0 Å². The standard InChI is InChI=1S/C23H20N4O3S/c1-14-12-15(2)24-21-20(14)22(29)27-23(26-21)31-13-19(28)25-17-10-6-7-11-18(17)30-16-8-4-3-5-9-16/h3-12H,13H2,1-2H3,(H,25,28)(H,24,26,27,29). The Kier molecular flexibility index (Phi) is 5.99. The number of carbonyl (C=O) groups excluding carboxylic acids is 1. The van der Waals surface area contributed by atoms with Gasteiger partial charge in [0.05, 0.1) is 16.8 Å². The fraction of sp³-hybridized carbons (Fsp3) is 0.130. The summed E-state index contributed by atoms with van der Waals surface area (Å²) in [6, 6.07) is 18.4. The number of carbonyl (C=O) groups is 1. The number of rotatable bonds is 6. The Morgan fingerprint density at radius 2 is 1.81 bits per heavy atom. The van der Waals surface area contributed by atoms with Gasteiger partial charge in [-0.15, -0.1) is 0 Å². The van der Waals surface area contributed by atoms with E-state index in [1.807, 2.05) is 62.4 Å². The molecule has 0 bridgehead atoms. The first kappa shape index (κ1) is 20.6. The molecular formula is C23H20N4O3S. The summed E-state index contributed by atoms with van der Waals surface area (Å²) in [5.41, 5.74) is 2.28. The summed E-state index contributed by atoms with van der Waals surface area (Å²) in [5, 5.41) is 3.66. The van der Waals surface area contributed by atoms with Crippen LogP contribution in [0.15, 0.2) is 70.6 Å². The highest BCUT2D eigenvalue weighted by molar-refractivity contribution is 7.99. The van der Waals surface area contributed by atoms with Crippen molar-refractivity contribution in [1.29, 1.82) is 0 Å². The van der Waals surface area contributed by atoms with E-state index >= 15 is 0 Å². The Hall–Kier alpha value is -3.65. The van der Waals surface area contributed by atoms with Gasteiger partial charge in [-0.2, -0.15) is 0 Å². The molecule has 7 nitrogen and oxygen atoms in total. The number of aryl methyl sites for hydroxylation is 2. The number of benzene rings is 2. The van der Waals surface area contributed by atoms with Crippen molar-refractivity contribution in [2.75, 3.05) is 11.1 Å². The summed E-state index contributed by atoms with van der Waals surface area (Å²) in [4.78, 5) is 36.4. The molecule has 4 rings (SSSR count). The number of thioether (sulfide) groups is 1. The molecule has 4 aromatic rings. The molecular weight excluding hydrogens is 412 g/mol. The van der Waals surface area contributed by atoms with Crippen LogP contribution in [-0.4, -0.2) is 26.6 Å². The van der Waals surface area contributed by atoms with E-state index in [2.05, 4.69) is 20.3 Å². The topological polar surface area (TPSA) is 97.0 Å². The Bertz CT molecular complexity index is 1310. The minimum absolute atomic E-state index is 0.0684. The summed E-state index contributed by atoms with van der Waals surface area (Å²) in [6.07, 6.45) is 0. The number of fused-ring (bicyclic) bond motifs is 1. The van der Waals surface area contributed by atoms with Crippen molar-refractivity contribution in [3.63, 3.8) is 0 Å². The van der Waals surface area contributed by atoms with Crippen molar-refractivity contribution in [3.05, 3.63) is 82.3 Å². The van der Waals surface area contributed by atoms with Crippen LogP contribution in [0.4, 0.5) is 5.69 Å². The number of amides is 1. The van der Waals surface area contributed by atoms with Gasteiger partial charge in [0.1, 0.15) is 5.75 Å². The number of hydrogen-bond acceptors (Lipinski definition) is 6. The fourth-order valence-electron chi connectivity index (χ4n) is 3.13. The van der Waals surface area contributed by atoms with Gasteiger partial charge in [0.15, 0.2) is 16.6 Å². The molecule has 0 spiro atoms. The van der Waals surface area contributed by atoms with Gasteiger partial charge in [0.2, 0.25) is 5.91 Å². The average molecular weight is 433 g/mol. The smallest absolute Gasteiger partial charge is 0.261 e. The van der Waals surface area contributed by atoms with E-state index in [0.717, 1.165) is 23.0 Å². The zero-order valence-electron chi connectivity index (χ0n) is 17.0. The molecule has 2 heterocycles. The molecule has 0 aliphatic rings. The molecule has 0 fully saturated rings. The van der Waals surface area contributed by atoms with E-state index in [0.29, 0.717) is 33.4 Å². The second-order valence-corrected chi connectivity index (χ2v) is 7.86. The highest BCUT2D eigenvalue weighted by atomic mass is 32.2. The van der Waals surface area contributed by atoms with E-state index in [9.17, 15) is 9.59 Å². The van der Waals surface area contributed by atoms with E-state index in [1.54, 1.807) is 12.1 Å². The summed E-state index contributed by atoms with van der Waals surface area (Å²) < 4.78 is 5.87. The molecule has 0 aliphatic heterocycles. The van der Waals surface area contributed by atoms with Crippen LogP contribution in [0.5, 0.6) is 11.5 Å². The lowest BCUT2D eigenvalue weighted by molar-refractivity contribution is -0.113. The first-order valence-electron chi connectivity index (χ1n) is 9.62. The molecule has 2 aromatic heterocycles. The minimum Gasteiger partial charge on any atom is -0.455 e. The van der Waals surface area contributed by atoms with Crippen molar-refractivity contribution in [2.45, 2.75) is 19.0 Å². The number of aromatic amines is 1. The molecule has 1 amide bonds. The van der Waals surface area contributed by atoms with Crippen molar-refractivity contribution >= 4 is 34.4 Å².